The number of fused-ring (bicyclic) bond motifs is 3. The third-order valence-corrected chi connectivity index (χ3v) is 5.53. The summed E-state index contributed by atoms with van der Waals surface area (Å²) in [6.07, 6.45) is 0.0387. The number of carbonyl (C=O) groups is 1. The van der Waals surface area contributed by atoms with Crippen LogP contribution >= 0.6 is 0 Å². The Morgan fingerprint density at radius 3 is 2.19 bits per heavy atom. The monoisotopic (exact) mass is 413 g/mol. The Labute approximate surface area is 182 Å². The Morgan fingerprint density at radius 1 is 1.00 bits per heavy atom. The predicted molar refractivity (Wildman–Crippen MR) is 120 cm³/mol. The molecule has 0 radical (unpaired) electrons. The van der Waals surface area contributed by atoms with E-state index in [-0.39, 0.29) is 11.7 Å². The predicted octanol–water partition coefficient (Wildman–Crippen LogP) is 5.72. The van der Waals surface area contributed by atoms with Gasteiger partial charge < -0.3 is 10.1 Å². The lowest BCUT2D eigenvalue weighted by molar-refractivity contribution is 0.143. The standard InChI is InChI=1S/C27H24FNO2/c1-18-15-20(16-19(2)26(18)28)9-7-8-14-29-27(30)31-17-25-23-12-5-3-10-21(23)22-11-4-6-13-24(22)25/h3-6,10-13,15-16,25H,8,14,17H2,1-2H3,(H,29,30). The number of ether oxygens (including phenoxy) is 1. The molecule has 4 heteroatoms. The second kappa shape index (κ2) is 9.06. The maximum Gasteiger partial charge on any atom is 0.407 e. The Morgan fingerprint density at radius 2 is 1.58 bits per heavy atom. The molecule has 1 aliphatic carbocycles. The number of alkyl carbamates (subject to hydrolysis) is 1. The first kappa shape index (κ1) is 20.7. The molecule has 31 heavy (non-hydrogen) atoms. The molecule has 0 saturated carbocycles. The van der Waals surface area contributed by atoms with Gasteiger partial charge in [0.25, 0.3) is 0 Å². The second-order valence-corrected chi connectivity index (χ2v) is 7.73. The van der Waals surface area contributed by atoms with Crippen molar-refractivity contribution < 1.29 is 13.9 Å². The molecule has 3 aromatic carbocycles. The summed E-state index contributed by atoms with van der Waals surface area (Å²) in [6, 6.07) is 19.9. The fourth-order valence-corrected chi connectivity index (χ4v) is 4.06. The summed E-state index contributed by atoms with van der Waals surface area (Å²) in [4.78, 5) is 12.2. The molecule has 0 aromatic heterocycles. The molecule has 1 aliphatic rings. The van der Waals surface area contributed by atoms with Gasteiger partial charge in [-0.2, -0.15) is 0 Å². The smallest absolute Gasteiger partial charge is 0.407 e. The van der Waals surface area contributed by atoms with E-state index in [1.54, 1.807) is 26.0 Å². The Bertz CT molecular complexity index is 1120. The highest BCUT2D eigenvalue weighted by Crippen LogP contribution is 2.44. The van der Waals surface area contributed by atoms with Crippen molar-refractivity contribution in [1.82, 2.24) is 5.32 Å². The number of hydrogen-bond donors (Lipinski definition) is 1. The van der Waals surface area contributed by atoms with E-state index in [1.807, 2.05) is 24.3 Å². The van der Waals surface area contributed by atoms with E-state index in [1.165, 1.54) is 22.3 Å². The normalized spacial score (nSPS) is 11.8. The summed E-state index contributed by atoms with van der Waals surface area (Å²) in [6.45, 7) is 4.14. The topological polar surface area (TPSA) is 38.3 Å². The summed E-state index contributed by atoms with van der Waals surface area (Å²) >= 11 is 0. The number of hydrogen-bond acceptors (Lipinski definition) is 2. The molecular formula is C27H24FNO2. The molecule has 4 rings (SSSR count). The molecule has 0 atom stereocenters. The molecule has 0 aliphatic heterocycles. The maximum absolute atomic E-state index is 13.7. The van der Waals surface area contributed by atoms with Crippen molar-refractivity contribution >= 4 is 6.09 Å². The van der Waals surface area contributed by atoms with E-state index in [2.05, 4.69) is 41.4 Å². The van der Waals surface area contributed by atoms with Gasteiger partial charge in [-0.25, -0.2) is 9.18 Å². The van der Waals surface area contributed by atoms with Crippen molar-refractivity contribution in [3.05, 3.63) is 94.3 Å². The highest BCUT2D eigenvalue weighted by molar-refractivity contribution is 5.79. The second-order valence-electron chi connectivity index (χ2n) is 7.73. The zero-order chi connectivity index (χ0) is 21.8. The van der Waals surface area contributed by atoms with Crippen molar-refractivity contribution in [3.63, 3.8) is 0 Å². The Hall–Kier alpha value is -3.58. The first-order chi connectivity index (χ1) is 15.0. The molecule has 0 bridgehead atoms. The zero-order valence-electron chi connectivity index (χ0n) is 17.7. The lowest BCUT2D eigenvalue weighted by atomic mass is 9.98. The molecule has 0 heterocycles. The van der Waals surface area contributed by atoms with E-state index in [4.69, 9.17) is 4.74 Å². The van der Waals surface area contributed by atoms with Crippen LogP contribution in [0, 0.1) is 31.5 Å². The highest BCUT2D eigenvalue weighted by atomic mass is 19.1. The van der Waals surface area contributed by atoms with Gasteiger partial charge in [-0.1, -0.05) is 60.4 Å². The van der Waals surface area contributed by atoms with Crippen LogP contribution in [-0.4, -0.2) is 19.2 Å². The lowest BCUT2D eigenvalue weighted by Crippen LogP contribution is -2.26. The maximum atomic E-state index is 13.7. The minimum atomic E-state index is -0.447. The van der Waals surface area contributed by atoms with Crippen LogP contribution in [0.4, 0.5) is 9.18 Å². The summed E-state index contributed by atoms with van der Waals surface area (Å²) < 4.78 is 19.2. The molecule has 0 spiro atoms. The van der Waals surface area contributed by atoms with E-state index in [0.717, 1.165) is 5.56 Å². The fourth-order valence-electron chi connectivity index (χ4n) is 4.06. The number of benzene rings is 3. The molecule has 0 saturated heterocycles. The van der Waals surface area contributed by atoms with Crippen LogP contribution in [0.15, 0.2) is 60.7 Å². The Kier molecular flexibility index (Phi) is 6.04. The summed E-state index contributed by atoms with van der Waals surface area (Å²) in [5, 5.41) is 2.75. The summed E-state index contributed by atoms with van der Waals surface area (Å²) in [5.74, 6) is 5.88. The fraction of sp³-hybridized carbons (Fsp3) is 0.222. The van der Waals surface area contributed by atoms with Gasteiger partial charge in [-0.3, -0.25) is 0 Å². The van der Waals surface area contributed by atoms with Gasteiger partial charge in [0.2, 0.25) is 0 Å². The van der Waals surface area contributed by atoms with Crippen LogP contribution < -0.4 is 5.32 Å². The van der Waals surface area contributed by atoms with Crippen molar-refractivity contribution in [1.29, 1.82) is 0 Å². The minimum Gasteiger partial charge on any atom is -0.449 e. The van der Waals surface area contributed by atoms with Crippen molar-refractivity contribution in [2.75, 3.05) is 13.2 Å². The van der Waals surface area contributed by atoms with Gasteiger partial charge in [0.1, 0.15) is 12.4 Å². The van der Waals surface area contributed by atoms with Gasteiger partial charge in [0, 0.05) is 24.4 Å². The van der Waals surface area contributed by atoms with Gasteiger partial charge in [0.15, 0.2) is 0 Å². The van der Waals surface area contributed by atoms with Crippen LogP contribution in [0.25, 0.3) is 11.1 Å². The summed E-state index contributed by atoms with van der Waals surface area (Å²) in [5.41, 5.74) is 6.72. The van der Waals surface area contributed by atoms with E-state index in [0.29, 0.717) is 30.7 Å². The zero-order valence-corrected chi connectivity index (χ0v) is 17.7. The molecule has 156 valence electrons. The van der Waals surface area contributed by atoms with Crippen molar-refractivity contribution in [2.45, 2.75) is 26.2 Å². The SMILES string of the molecule is Cc1cc(C#CCCNC(=O)OCC2c3ccccc3-c3ccccc32)cc(C)c1F. The van der Waals surface area contributed by atoms with Crippen molar-refractivity contribution in [3.8, 4) is 23.0 Å². The molecule has 0 fully saturated rings. The molecule has 1 amide bonds. The van der Waals surface area contributed by atoms with Crippen LogP contribution in [0.2, 0.25) is 0 Å². The third kappa shape index (κ3) is 4.46. The van der Waals surface area contributed by atoms with Crippen LogP contribution in [0.5, 0.6) is 0 Å². The van der Waals surface area contributed by atoms with E-state index in [9.17, 15) is 9.18 Å². The minimum absolute atomic E-state index is 0.0443. The molecule has 0 unspecified atom stereocenters. The van der Waals surface area contributed by atoms with Gasteiger partial charge in [-0.15, -0.1) is 0 Å². The number of carbonyl (C=O) groups excluding carboxylic acids is 1. The van der Waals surface area contributed by atoms with Crippen LogP contribution in [0.1, 0.15) is 40.2 Å². The first-order valence-electron chi connectivity index (χ1n) is 10.4. The first-order valence-corrected chi connectivity index (χ1v) is 10.4. The average Bonchev–Trinajstić information content (AvgIpc) is 3.09. The number of amides is 1. The number of nitrogens with one attached hydrogen (secondary N) is 1. The molecular weight excluding hydrogens is 389 g/mol. The quantitative estimate of drug-likeness (QED) is 0.439. The largest absolute Gasteiger partial charge is 0.449 e. The number of halogens is 1. The molecule has 1 N–H and O–H groups in total. The summed E-state index contributed by atoms with van der Waals surface area (Å²) in [7, 11) is 0. The van der Waals surface area contributed by atoms with Gasteiger partial charge in [-0.05, 0) is 59.4 Å². The lowest BCUT2D eigenvalue weighted by Gasteiger charge is -2.14. The average molecular weight is 413 g/mol. The van der Waals surface area contributed by atoms with E-state index < -0.39 is 6.09 Å². The number of aryl methyl sites for hydroxylation is 2. The number of rotatable bonds is 4. The highest BCUT2D eigenvalue weighted by Gasteiger charge is 2.28. The Balaban J connectivity index is 1.29. The van der Waals surface area contributed by atoms with Crippen LogP contribution in [0.3, 0.4) is 0 Å². The molecule has 3 aromatic rings. The van der Waals surface area contributed by atoms with Crippen molar-refractivity contribution in [2.24, 2.45) is 0 Å². The third-order valence-electron chi connectivity index (χ3n) is 5.53. The van der Waals surface area contributed by atoms with Crippen LogP contribution in [-0.2, 0) is 4.74 Å². The van der Waals surface area contributed by atoms with Gasteiger partial charge in [0.05, 0.1) is 0 Å². The molecule has 3 nitrogen and oxygen atoms in total. The van der Waals surface area contributed by atoms with E-state index >= 15 is 0 Å². The van der Waals surface area contributed by atoms with Gasteiger partial charge >= 0.3 is 6.09 Å².